The van der Waals surface area contributed by atoms with Crippen molar-refractivity contribution in [3.63, 3.8) is 0 Å². The molecule has 2 heterocycles. The third-order valence-corrected chi connectivity index (χ3v) is 4.36. The number of rotatable bonds is 6. The Morgan fingerprint density at radius 1 is 1.32 bits per heavy atom. The molecule has 0 saturated heterocycles. The lowest BCUT2D eigenvalue weighted by atomic mass is 10.3. The first-order valence-corrected chi connectivity index (χ1v) is 8.68. The lowest BCUT2D eigenvalue weighted by Gasteiger charge is -2.17. The van der Waals surface area contributed by atoms with Crippen LogP contribution in [-0.4, -0.2) is 38.8 Å². The molecule has 2 aromatic heterocycles. The van der Waals surface area contributed by atoms with Gasteiger partial charge in [-0.15, -0.1) is 0 Å². The summed E-state index contributed by atoms with van der Waals surface area (Å²) < 4.78 is 7.57. The Morgan fingerprint density at radius 2 is 2.12 bits per heavy atom. The molecule has 25 heavy (non-hydrogen) atoms. The van der Waals surface area contributed by atoms with Gasteiger partial charge in [0.05, 0.1) is 12.7 Å². The maximum atomic E-state index is 12.2. The summed E-state index contributed by atoms with van der Waals surface area (Å²) in [5, 5.41) is 7.00. The summed E-state index contributed by atoms with van der Waals surface area (Å²) in [6.07, 6.45) is 10.4. The van der Waals surface area contributed by atoms with Crippen molar-refractivity contribution in [2.75, 3.05) is 7.05 Å². The van der Waals surface area contributed by atoms with E-state index in [1.54, 1.807) is 29.0 Å². The molecule has 0 spiro atoms. The van der Waals surface area contributed by atoms with Crippen LogP contribution < -0.4 is 10.1 Å². The quantitative estimate of drug-likeness (QED) is 0.874. The Bertz CT molecular complexity index is 692. The van der Waals surface area contributed by atoms with Crippen molar-refractivity contribution in [1.29, 1.82) is 0 Å². The van der Waals surface area contributed by atoms with Crippen LogP contribution in [0.4, 0.5) is 4.79 Å². The second-order valence-corrected chi connectivity index (χ2v) is 6.57. The molecule has 3 rings (SSSR count). The first kappa shape index (κ1) is 17.3. The van der Waals surface area contributed by atoms with E-state index in [2.05, 4.69) is 15.4 Å². The van der Waals surface area contributed by atoms with Crippen LogP contribution in [0.15, 0.2) is 30.7 Å². The monoisotopic (exact) mass is 343 g/mol. The number of carbonyl (C=O) groups excluding carboxylic acids is 1. The molecule has 1 N–H and O–H groups in total. The molecule has 0 radical (unpaired) electrons. The summed E-state index contributed by atoms with van der Waals surface area (Å²) in [5.74, 6) is 0.663. The second kappa shape index (κ2) is 8.00. The number of nitrogens with one attached hydrogen (secondary N) is 1. The summed E-state index contributed by atoms with van der Waals surface area (Å²) >= 11 is 0. The van der Waals surface area contributed by atoms with Gasteiger partial charge in [-0.25, -0.2) is 9.78 Å². The number of hydrogen-bond acceptors (Lipinski definition) is 4. The average Bonchev–Trinajstić information content (AvgIpc) is 3.25. The number of ether oxygens (including phenoxy) is 1. The first-order chi connectivity index (χ1) is 12.1. The van der Waals surface area contributed by atoms with Crippen LogP contribution in [0, 0.1) is 0 Å². The van der Waals surface area contributed by atoms with Crippen molar-refractivity contribution >= 4 is 6.03 Å². The zero-order chi connectivity index (χ0) is 17.6. The van der Waals surface area contributed by atoms with Crippen LogP contribution >= 0.6 is 0 Å². The van der Waals surface area contributed by atoms with E-state index in [4.69, 9.17) is 4.74 Å². The highest BCUT2D eigenvalue weighted by Gasteiger charge is 2.17. The van der Waals surface area contributed by atoms with E-state index < -0.39 is 0 Å². The van der Waals surface area contributed by atoms with Crippen LogP contribution in [0.5, 0.6) is 5.88 Å². The zero-order valence-electron chi connectivity index (χ0n) is 14.8. The molecule has 7 nitrogen and oxygen atoms in total. The van der Waals surface area contributed by atoms with Gasteiger partial charge in [-0.05, 0) is 31.2 Å². The van der Waals surface area contributed by atoms with Gasteiger partial charge in [-0.3, -0.25) is 4.68 Å². The number of carbonyl (C=O) groups is 1. The van der Waals surface area contributed by atoms with Gasteiger partial charge in [0.1, 0.15) is 6.10 Å². The molecule has 2 amide bonds. The van der Waals surface area contributed by atoms with Crippen molar-refractivity contribution in [2.45, 2.75) is 44.9 Å². The molecule has 1 aliphatic carbocycles. The molecular weight excluding hydrogens is 318 g/mol. The van der Waals surface area contributed by atoms with Crippen LogP contribution in [0.2, 0.25) is 0 Å². The molecule has 0 unspecified atom stereocenters. The smallest absolute Gasteiger partial charge is 0.317 e. The van der Waals surface area contributed by atoms with Gasteiger partial charge in [-0.2, -0.15) is 5.10 Å². The molecule has 2 aromatic rings. The molecule has 134 valence electrons. The van der Waals surface area contributed by atoms with Crippen molar-refractivity contribution in [3.05, 3.63) is 41.9 Å². The van der Waals surface area contributed by atoms with Crippen molar-refractivity contribution < 1.29 is 9.53 Å². The lowest BCUT2D eigenvalue weighted by Crippen LogP contribution is -2.36. The van der Waals surface area contributed by atoms with Crippen molar-refractivity contribution in [1.82, 2.24) is 25.0 Å². The fraction of sp³-hybridized carbons (Fsp3) is 0.500. The number of urea groups is 1. The minimum atomic E-state index is -0.130. The number of hydrogen-bond donors (Lipinski definition) is 1. The molecule has 7 heteroatoms. The van der Waals surface area contributed by atoms with E-state index in [9.17, 15) is 4.79 Å². The fourth-order valence-electron chi connectivity index (χ4n) is 2.97. The Morgan fingerprint density at radius 3 is 2.76 bits per heavy atom. The molecule has 1 saturated carbocycles. The largest absolute Gasteiger partial charge is 0.474 e. The lowest BCUT2D eigenvalue weighted by molar-refractivity contribution is 0.201. The summed E-state index contributed by atoms with van der Waals surface area (Å²) in [5.41, 5.74) is 1.94. The minimum Gasteiger partial charge on any atom is -0.474 e. The first-order valence-electron chi connectivity index (χ1n) is 8.68. The summed E-state index contributed by atoms with van der Waals surface area (Å²) in [4.78, 5) is 18.1. The van der Waals surface area contributed by atoms with Gasteiger partial charge in [-0.1, -0.05) is 6.07 Å². The Balaban J connectivity index is 1.44. The molecule has 0 atom stereocenters. The number of amides is 2. The number of pyridine rings is 1. The van der Waals surface area contributed by atoms with Crippen LogP contribution in [0.3, 0.4) is 0 Å². The third-order valence-electron chi connectivity index (χ3n) is 4.36. The van der Waals surface area contributed by atoms with E-state index in [1.165, 1.54) is 12.8 Å². The molecular formula is C18H25N5O2. The molecule has 0 aromatic carbocycles. The highest BCUT2D eigenvalue weighted by atomic mass is 16.5. The van der Waals surface area contributed by atoms with Gasteiger partial charge in [0.25, 0.3) is 0 Å². The van der Waals surface area contributed by atoms with Crippen LogP contribution in [-0.2, 0) is 20.1 Å². The highest BCUT2D eigenvalue weighted by molar-refractivity contribution is 5.73. The SMILES string of the molecule is CN(Cc1cnn(C)c1)C(=O)NCc1ccc(OC2CCCC2)nc1. The number of aryl methyl sites for hydroxylation is 1. The predicted octanol–water partition coefficient (Wildman–Crippen LogP) is 2.48. The normalized spacial score (nSPS) is 14.5. The van der Waals surface area contributed by atoms with E-state index in [0.29, 0.717) is 25.1 Å². The maximum absolute atomic E-state index is 12.2. The third kappa shape index (κ3) is 4.95. The van der Waals surface area contributed by atoms with Gasteiger partial charge >= 0.3 is 6.03 Å². The molecule has 0 bridgehead atoms. The predicted molar refractivity (Wildman–Crippen MR) is 94.0 cm³/mol. The summed E-state index contributed by atoms with van der Waals surface area (Å²) in [6.45, 7) is 0.957. The number of aromatic nitrogens is 3. The highest BCUT2D eigenvalue weighted by Crippen LogP contribution is 2.22. The molecule has 0 aliphatic heterocycles. The Labute approximate surface area is 148 Å². The van der Waals surface area contributed by atoms with Gasteiger partial charge in [0.15, 0.2) is 0 Å². The standard InChI is InChI=1S/C18H25N5O2/c1-22(12-15-11-21-23(2)13-15)18(24)20-10-14-7-8-17(19-9-14)25-16-5-3-4-6-16/h7-9,11,13,16H,3-6,10,12H2,1-2H3,(H,20,24). The molecule has 1 aliphatic rings. The number of nitrogens with zero attached hydrogens (tertiary/aromatic N) is 4. The molecule has 1 fully saturated rings. The van der Waals surface area contributed by atoms with Crippen molar-refractivity contribution in [2.24, 2.45) is 7.05 Å². The van der Waals surface area contributed by atoms with Crippen LogP contribution in [0.25, 0.3) is 0 Å². The second-order valence-electron chi connectivity index (χ2n) is 6.57. The van der Waals surface area contributed by atoms with E-state index in [-0.39, 0.29) is 6.03 Å². The van der Waals surface area contributed by atoms with Crippen molar-refractivity contribution in [3.8, 4) is 5.88 Å². The fourth-order valence-corrected chi connectivity index (χ4v) is 2.97. The average molecular weight is 343 g/mol. The minimum absolute atomic E-state index is 0.130. The summed E-state index contributed by atoms with van der Waals surface area (Å²) in [7, 11) is 3.62. The van der Waals surface area contributed by atoms with E-state index in [0.717, 1.165) is 24.0 Å². The Kier molecular flexibility index (Phi) is 5.53. The van der Waals surface area contributed by atoms with E-state index >= 15 is 0 Å². The van der Waals surface area contributed by atoms with Gasteiger partial charge in [0, 0.05) is 44.7 Å². The zero-order valence-corrected chi connectivity index (χ0v) is 14.8. The van der Waals surface area contributed by atoms with Crippen LogP contribution in [0.1, 0.15) is 36.8 Å². The van der Waals surface area contributed by atoms with E-state index in [1.807, 2.05) is 25.4 Å². The van der Waals surface area contributed by atoms with Gasteiger partial charge < -0.3 is 15.0 Å². The topological polar surface area (TPSA) is 72.3 Å². The summed E-state index contributed by atoms with van der Waals surface area (Å²) in [6, 6.07) is 3.69. The Hall–Kier alpha value is -2.57. The van der Waals surface area contributed by atoms with Gasteiger partial charge in [0.2, 0.25) is 5.88 Å². The maximum Gasteiger partial charge on any atom is 0.317 e.